The first-order valence-corrected chi connectivity index (χ1v) is 7.63. The van der Waals surface area contributed by atoms with Gasteiger partial charge in [0.1, 0.15) is 5.82 Å². The molecule has 2 N–H and O–H groups in total. The van der Waals surface area contributed by atoms with E-state index < -0.39 is 0 Å². The van der Waals surface area contributed by atoms with Gasteiger partial charge in [0.15, 0.2) is 0 Å². The Kier molecular flexibility index (Phi) is 3.41. The third kappa shape index (κ3) is 2.46. The third-order valence-electron chi connectivity index (χ3n) is 3.61. The fourth-order valence-corrected chi connectivity index (χ4v) is 3.87. The van der Waals surface area contributed by atoms with Crippen LogP contribution in [0.4, 0.5) is 5.82 Å². The van der Waals surface area contributed by atoms with Crippen LogP contribution in [0.2, 0.25) is 0 Å². The molecule has 0 atom stereocenters. The lowest BCUT2D eigenvalue weighted by Crippen LogP contribution is -2.00. The predicted molar refractivity (Wildman–Crippen MR) is 79.7 cm³/mol. The van der Waals surface area contributed by atoms with Crippen LogP contribution < -0.4 is 5.73 Å². The molecule has 94 valence electrons. The summed E-state index contributed by atoms with van der Waals surface area (Å²) >= 11 is 2.04. The maximum Gasteiger partial charge on any atom is 0.128 e. The van der Waals surface area contributed by atoms with Gasteiger partial charge in [0.2, 0.25) is 0 Å². The third-order valence-corrected chi connectivity index (χ3v) is 5.03. The van der Waals surface area contributed by atoms with Crippen molar-refractivity contribution >= 4 is 28.5 Å². The summed E-state index contributed by atoms with van der Waals surface area (Å²) < 4.78 is 0. The van der Waals surface area contributed by atoms with Crippen molar-refractivity contribution in [3.05, 3.63) is 35.9 Å². The number of rotatable bonds is 3. The number of aromatic nitrogens is 1. The summed E-state index contributed by atoms with van der Waals surface area (Å²) in [5, 5.41) is 2.02. The molecule has 2 nitrogen and oxygen atoms in total. The first kappa shape index (κ1) is 11.8. The zero-order chi connectivity index (χ0) is 12.4. The number of nitrogens with two attached hydrogens (primary N) is 1. The summed E-state index contributed by atoms with van der Waals surface area (Å²) in [7, 11) is 0. The number of benzene rings is 1. The van der Waals surface area contributed by atoms with Crippen molar-refractivity contribution < 1.29 is 0 Å². The lowest BCUT2D eigenvalue weighted by atomic mass is 10.1. The molecule has 0 spiro atoms. The minimum Gasteiger partial charge on any atom is -0.383 e. The Morgan fingerprint density at radius 1 is 1.22 bits per heavy atom. The summed E-state index contributed by atoms with van der Waals surface area (Å²) in [6, 6.07) is 10.4. The monoisotopic (exact) mass is 258 g/mol. The van der Waals surface area contributed by atoms with E-state index in [0.29, 0.717) is 5.82 Å². The maximum atomic E-state index is 6.05. The molecule has 0 radical (unpaired) electrons. The topological polar surface area (TPSA) is 38.9 Å². The van der Waals surface area contributed by atoms with E-state index in [1.807, 2.05) is 30.0 Å². The number of anilines is 1. The molecular weight excluding hydrogens is 240 g/mol. The quantitative estimate of drug-likeness (QED) is 0.904. The van der Waals surface area contributed by atoms with Gasteiger partial charge in [0, 0.05) is 22.0 Å². The number of para-hydroxylation sites is 1. The molecule has 1 aliphatic rings. The second kappa shape index (κ2) is 5.19. The number of hydrogen-bond acceptors (Lipinski definition) is 3. The largest absolute Gasteiger partial charge is 0.383 e. The first-order chi connectivity index (χ1) is 8.83. The van der Waals surface area contributed by atoms with Gasteiger partial charge in [-0.25, -0.2) is 4.98 Å². The van der Waals surface area contributed by atoms with Crippen molar-refractivity contribution in [2.24, 2.45) is 0 Å². The number of fused-ring (bicyclic) bond motifs is 1. The van der Waals surface area contributed by atoms with Crippen molar-refractivity contribution in [3.8, 4) is 0 Å². The maximum absolute atomic E-state index is 6.05. The van der Waals surface area contributed by atoms with E-state index in [2.05, 4.69) is 17.1 Å². The molecule has 1 fully saturated rings. The van der Waals surface area contributed by atoms with E-state index in [-0.39, 0.29) is 0 Å². The van der Waals surface area contributed by atoms with Gasteiger partial charge in [-0.2, -0.15) is 11.8 Å². The Balaban J connectivity index is 1.80. The van der Waals surface area contributed by atoms with E-state index in [0.717, 1.165) is 16.5 Å². The smallest absolute Gasteiger partial charge is 0.128 e. The van der Waals surface area contributed by atoms with Crippen molar-refractivity contribution in [2.45, 2.75) is 36.7 Å². The summed E-state index contributed by atoms with van der Waals surface area (Å²) in [6.07, 6.45) is 5.52. The molecule has 2 aromatic rings. The highest BCUT2D eigenvalue weighted by Gasteiger charge is 2.16. The standard InChI is InChI=1S/C15H18N2S/c16-15-12(10-18-13-6-2-3-7-13)9-11-5-1-4-8-14(11)17-15/h1,4-5,8-9,13H,2-3,6-7,10H2,(H2,16,17). The molecule has 0 saturated heterocycles. The molecular formula is C15H18N2S. The molecule has 0 unspecified atom stereocenters. The second-order valence-electron chi connectivity index (χ2n) is 4.94. The molecule has 1 saturated carbocycles. The Hall–Kier alpha value is -1.22. The molecule has 1 heterocycles. The SMILES string of the molecule is Nc1nc2ccccc2cc1CSC1CCCC1. The number of nitrogens with zero attached hydrogens (tertiary/aromatic N) is 1. The van der Waals surface area contributed by atoms with Gasteiger partial charge < -0.3 is 5.73 Å². The van der Waals surface area contributed by atoms with Crippen molar-refractivity contribution in [1.29, 1.82) is 0 Å². The van der Waals surface area contributed by atoms with E-state index in [1.54, 1.807) is 0 Å². The van der Waals surface area contributed by atoms with Crippen LogP contribution in [-0.4, -0.2) is 10.2 Å². The Labute approximate surface area is 112 Å². The van der Waals surface area contributed by atoms with Crippen LogP contribution in [-0.2, 0) is 5.75 Å². The molecule has 18 heavy (non-hydrogen) atoms. The van der Waals surface area contributed by atoms with Gasteiger partial charge in [-0.3, -0.25) is 0 Å². The Morgan fingerprint density at radius 2 is 2.00 bits per heavy atom. The summed E-state index contributed by atoms with van der Waals surface area (Å²) in [5.41, 5.74) is 8.22. The fourth-order valence-electron chi connectivity index (χ4n) is 2.55. The second-order valence-corrected chi connectivity index (χ2v) is 6.23. The van der Waals surface area contributed by atoms with Crippen LogP contribution in [0.25, 0.3) is 10.9 Å². The Bertz CT molecular complexity index is 547. The number of pyridine rings is 1. The fraction of sp³-hybridized carbons (Fsp3) is 0.400. The van der Waals surface area contributed by atoms with E-state index in [9.17, 15) is 0 Å². The molecule has 1 aromatic carbocycles. The molecule has 1 aliphatic carbocycles. The number of thioether (sulfide) groups is 1. The molecule has 0 amide bonds. The van der Waals surface area contributed by atoms with E-state index in [1.165, 1.54) is 36.6 Å². The van der Waals surface area contributed by atoms with Crippen molar-refractivity contribution in [1.82, 2.24) is 4.98 Å². The van der Waals surface area contributed by atoms with Crippen LogP contribution in [0.1, 0.15) is 31.2 Å². The number of nitrogen functional groups attached to an aromatic ring is 1. The predicted octanol–water partition coefficient (Wildman–Crippen LogP) is 3.99. The lowest BCUT2D eigenvalue weighted by Gasteiger charge is -2.10. The molecule has 3 heteroatoms. The molecule has 1 aromatic heterocycles. The van der Waals surface area contributed by atoms with Crippen LogP contribution in [0.5, 0.6) is 0 Å². The minimum absolute atomic E-state index is 0.694. The Morgan fingerprint density at radius 3 is 2.83 bits per heavy atom. The van der Waals surface area contributed by atoms with E-state index in [4.69, 9.17) is 5.73 Å². The zero-order valence-electron chi connectivity index (χ0n) is 10.4. The lowest BCUT2D eigenvalue weighted by molar-refractivity contribution is 0.886. The molecule has 3 rings (SSSR count). The average Bonchev–Trinajstić information content (AvgIpc) is 2.89. The summed E-state index contributed by atoms with van der Waals surface area (Å²) in [4.78, 5) is 4.49. The van der Waals surface area contributed by atoms with Gasteiger partial charge in [-0.05, 0) is 25.0 Å². The molecule has 0 aliphatic heterocycles. The van der Waals surface area contributed by atoms with E-state index >= 15 is 0 Å². The van der Waals surface area contributed by atoms with Gasteiger partial charge in [-0.1, -0.05) is 31.0 Å². The minimum atomic E-state index is 0.694. The summed E-state index contributed by atoms with van der Waals surface area (Å²) in [6.45, 7) is 0. The highest BCUT2D eigenvalue weighted by molar-refractivity contribution is 7.99. The number of hydrogen-bond donors (Lipinski definition) is 1. The van der Waals surface area contributed by atoms with Crippen molar-refractivity contribution in [2.75, 3.05) is 5.73 Å². The van der Waals surface area contributed by atoms with Crippen LogP contribution in [0, 0.1) is 0 Å². The van der Waals surface area contributed by atoms with Crippen LogP contribution >= 0.6 is 11.8 Å². The first-order valence-electron chi connectivity index (χ1n) is 6.59. The molecule has 0 bridgehead atoms. The summed E-state index contributed by atoms with van der Waals surface area (Å²) in [5.74, 6) is 1.69. The normalized spacial score (nSPS) is 16.4. The van der Waals surface area contributed by atoms with Gasteiger partial charge in [0.25, 0.3) is 0 Å². The zero-order valence-corrected chi connectivity index (χ0v) is 11.2. The van der Waals surface area contributed by atoms with Gasteiger partial charge >= 0.3 is 0 Å². The van der Waals surface area contributed by atoms with Crippen molar-refractivity contribution in [3.63, 3.8) is 0 Å². The highest BCUT2D eigenvalue weighted by Crippen LogP contribution is 2.33. The highest BCUT2D eigenvalue weighted by atomic mass is 32.2. The van der Waals surface area contributed by atoms with Gasteiger partial charge in [-0.15, -0.1) is 0 Å². The average molecular weight is 258 g/mol. The van der Waals surface area contributed by atoms with Crippen LogP contribution in [0.3, 0.4) is 0 Å². The van der Waals surface area contributed by atoms with Crippen LogP contribution in [0.15, 0.2) is 30.3 Å². The van der Waals surface area contributed by atoms with Gasteiger partial charge in [0.05, 0.1) is 5.52 Å².